The lowest BCUT2D eigenvalue weighted by atomic mass is 9.90. The summed E-state index contributed by atoms with van der Waals surface area (Å²) in [7, 11) is 0. The molecule has 1 aliphatic carbocycles. The summed E-state index contributed by atoms with van der Waals surface area (Å²) in [5, 5.41) is 15.0. The van der Waals surface area contributed by atoms with Gasteiger partial charge in [0.25, 0.3) is 11.6 Å². The molecule has 0 radical (unpaired) electrons. The normalized spacial score (nSPS) is 15.0. The van der Waals surface area contributed by atoms with Crippen LogP contribution in [0.2, 0.25) is 5.02 Å². The Kier molecular flexibility index (Phi) is 4.57. The van der Waals surface area contributed by atoms with E-state index < -0.39 is 10.8 Å². The van der Waals surface area contributed by atoms with Crippen molar-refractivity contribution in [3.63, 3.8) is 0 Å². The van der Waals surface area contributed by atoms with Crippen molar-refractivity contribution in [3.05, 3.63) is 74.3 Å². The molecular formula is C17H14ClN3O3. The van der Waals surface area contributed by atoms with Crippen molar-refractivity contribution in [1.29, 1.82) is 0 Å². The Morgan fingerprint density at radius 1 is 1.21 bits per heavy atom. The molecule has 1 aliphatic rings. The van der Waals surface area contributed by atoms with Crippen LogP contribution < -0.4 is 5.43 Å². The van der Waals surface area contributed by atoms with Gasteiger partial charge in [-0.15, -0.1) is 0 Å². The molecule has 2 aromatic rings. The molecule has 0 fully saturated rings. The van der Waals surface area contributed by atoms with Crippen LogP contribution in [0.1, 0.15) is 34.3 Å². The highest BCUT2D eigenvalue weighted by Gasteiger charge is 2.17. The molecule has 0 saturated carbocycles. The van der Waals surface area contributed by atoms with Gasteiger partial charge in [0.05, 0.1) is 21.2 Å². The minimum Gasteiger partial charge on any atom is -0.267 e. The Morgan fingerprint density at radius 2 is 2.00 bits per heavy atom. The smallest absolute Gasteiger partial charge is 0.267 e. The number of benzene rings is 2. The fourth-order valence-corrected chi connectivity index (χ4v) is 2.96. The second kappa shape index (κ2) is 6.80. The molecule has 24 heavy (non-hydrogen) atoms. The number of aryl methyl sites for hydroxylation is 1. The van der Waals surface area contributed by atoms with Crippen LogP contribution in [0.5, 0.6) is 0 Å². The third-order valence-corrected chi connectivity index (χ3v) is 4.20. The number of amides is 1. The van der Waals surface area contributed by atoms with Crippen molar-refractivity contribution in [2.45, 2.75) is 19.3 Å². The maximum absolute atomic E-state index is 12.2. The van der Waals surface area contributed by atoms with E-state index in [0.29, 0.717) is 0 Å². The van der Waals surface area contributed by atoms with E-state index in [1.165, 1.54) is 17.7 Å². The monoisotopic (exact) mass is 343 g/mol. The molecule has 0 bridgehead atoms. The summed E-state index contributed by atoms with van der Waals surface area (Å²) >= 11 is 5.96. The molecule has 0 atom stereocenters. The number of hydrazone groups is 1. The summed E-state index contributed by atoms with van der Waals surface area (Å²) in [6.45, 7) is 0. The van der Waals surface area contributed by atoms with Crippen LogP contribution in [0.4, 0.5) is 5.69 Å². The zero-order valence-electron chi connectivity index (χ0n) is 12.7. The quantitative estimate of drug-likeness (QED) is 0.680. The predicted octanol–water partition coefficient (Wildman–Crippen LogP) is 3.72. The van der Waals surface area contributed by atoms with E-state index in [-0.39, 0.29) is 16.3 Å². The van der Waals surface area contributed by atoms with Crippen molar-refractivity contribution in [2.24, 2.45) is 5.10 Å². The number of nitro groups is 1. The first-order chi connectivity index (χ1) is 11.6. The molecule has 1 N–H and O–H groups in total. The molecule has 0 aromatic heterocycles. The van der Waals surface area contributed by atoms with Gasteiger partial charge in [-0.2, -0.15) is 5.10 Å². The number of nitrogens with zero attached hydrogens (tertiary/aromatic N) is 2. The number of non-ortho nitro benzene ring substituents is 1. The summed E-state index contributed by atoms with van der Waals surface area (Å²) in [6.07, 6.45) is 2.76. The second-order valence-electron chi connectivity index (χ2n) is 5.43. The van der Waals surface area contributed by atoms with Crippen molar-refractivity contribution < 1.29 is 9.72 Å². The lowest BCUT2D eigenvalue weighted by Crippen LogP contribution is -2.22. The Bertz CT molecular complexity index is 849. The van der Waals surface area contributed by atoms with Gasteiger partial charge in [0.2, 0.25) is 0 Å². The minimum atomic E-state index is -0.563. The van der Waals surface area contributed by atoms with Gasteiger partial charge in [0, 0.05) is 17.7 Å². The summed E-state index contributed by atoms with van der Waals surface area (Å²) in [5.41, 5.74) is 5.56. The number of fused-ring (bicyclic) bond motifs is 1. The SMILES string of the molecule is O=C(N/N=C1/CCCc2ccccc21)c1ccc([N+](=O)[O-])cc1Cl. The number of carbonyl (C=O) groups excluding carboxylic acids is 1. The van der Waals surface area contributed by atoms with Crippen molar-refractivity contribution in [2.75, 3.05) is 0 Å². The van der Waals surface area contributed by atoms with E-state index in [0.717, 1.165) is 36.6 Å². The summed E-state index contributed by atoms with van der Waals surface area (Å²) < 4.78 is 0. The van der Waals surface area contributed by atoms with Crippen LogP contribution in [0.15, 0.2) is 47.6 Å². The van der Waals surface area contributed by atoms with Gasteiger partial charge in [-0.1, -0.05) is 35.9 Å². The minimum absolute atomic E-state index is 0.0194. The van der Waals surface area contributed by atoms with Crippen molar-refractivity contribution >= 4 is 28.9 Å². The summed E-state index contributed by atoms with van der Waals surface area (Å²) in [6, 6.07) is 11.7. The van der Waals surface area contributed by atoms with Crippen LogP contribution in [0.3, 0.4) is 0 Å². The fraction of sp³-hybridized carbons (Fsp3) is 0.176. The number of rotatable bonds is 3. The molecular weight excluding hydrogens is 330 g/mol. The van der Waals surface area contributed by atoms with Gasteiger partial charge in [-0.05, 0) is 30.9 Å². The number of nitro benzene ring substituents is 1. The molecule has 0 spiro atoms. The predicted molar refractivity (Wildman–Crippen MR) is 91.5 cm³/mol. The Morgan fingerprint density at radius 3 is 2.75 bits per heavy atom. The maximum atomic E-state index is 12.2. The third kappa shape index (κ3) is 3.28. The second-order valence-corrected chi connectivity index (χ2v) is 5.84. The highest BCUT2D eigenvalue weighted by molar-refractivity contribution is 6.34. The molecule has 122 valence electrons. The van der Waals surface area contributed by atoms with E-state index in [2.05, 4.69) is 16.6 Å². The van der Waals surface area contributed by atoms with Gasteiger partial charge in [0.15, 0.2) is 0 Å². The zero-order valence-corrected chi connectivity index (χ0v) is 13.4. The summed E-state index contributed by atoms with van der Waals surface area (Å²) in [4.78, 5) is 22.4. The summed E-state index contributed by atoms with van der Waals surface area (Å²) in [5.74, 6) is -0.495. The van der Waals surface area contributed by atoms with Crippen LogP contribution in [-0.2, 0) is 6.42 Å². The number of hydrogen-bond acceptors (Lipinski definition) is 4. The zero-order chi connectivity index (χ0) is 17.1. The molecule has 0 aliphatic heterocycles. The average Bonchev–Trinajstić information content (AvgIpc) is 2.59. The standard InChI is InChI=1S/C17H14ClN3O3/c18-15-10-12(21(23)24)8-9-14(15)17(22)20-19-16-7-3-5-11-4-1-2-6-13(11)16/h1-2,4,6,8-10H,3,5,7H2,(H,20,22)/b19-16-. The Hall–Kier alpha value is -2.73. The van der Waals surface area contributed by atoms with Crippen molar-refractivity contribution in [1.82, 2.24) is 5.43 Å². The lowest BCUT2D eigenvalue weighted by molar-refractivity contribution is -0.384. The molecule has 7 heteroatoms. The largest absolute Gasteiger partial charge is 0.272 e. The average molecular weight is 344 g/mol. The fourth-order valence-electron chi connectivity index (χ4n) is 2.70. The lowest BCUT2D eigenvalue weighted by Gasteiger charge is -2.17. The third-order valence-electron chi connectivity index (χ3n) is 3.89. The Balaban J connectivity index is 1.80. The molecule has 0 heterocycles. The van der Waals surface area contributed by atoms with Gasteiger partial charge in [0.1, 0.15) is 0 Å². The number of halogens is 1. The molecule has 6 nitrogen and oxygen atoms in total. The van der Waals surface area contributed by atoms with Crippen LogP contribution in [0, 0.1) is 10.1 Å². The number of carbonyl (C=O) groups is 1. The maximum Gasteiger partial charge on any atom is 0.272 e. The topological polar surface area (TPSA) is 84.6 Å². The van der Waals surface area contributed by atoms with Gasteiger partial charge in [-0.3, -0.25) is 14.9 Å². The van der Waals surface area contributed by atoms with Gasteiger partial charge >= 0.3 is 0 Å². The van der Waals surface area contributed by atoms with Gasteiger partial charge in [-0.25, -0.2) is 5.43 Å². The highest BCUT2D eigenvalue weighted by Crippen LogP contribution is 2.23. The van der Waals surface area contributed by atoms with E-state index in [1.54, 1.807) is 0 Å². The molecule has 1 amide bonds. The Labute approximate surface area is 143 Å². The molecule has 0 unspecified atom stereocenters. The van der Waals surface area contributed by atoms with E-state index in [4.69, 9.17) is 11.6 Å². The van der Waals surface area contributed by atoms with Gasteiger partial charge < -0.3 is 0 Å². The molecule has 3 rings (SSSR count). The van der Waals surface area contributed by atoms with Crippen LogP contribution >= 0.6 is 11.6 Å². The van der Waals surface area contributed by atoms with E-state index in [9.17, 15) is 14.9 Å². The first-order valence-electron chi connectivity index (χ1n) is 7.45. The molecule has 0 saturated heterocycles. The number of hydrogen-bond donors (Lipinski definition) is 1. The van der Waals surface area contributed by atoms with E-state index in [1.807, 2.05) is 18.2 Å². The molecule has 2 aromatic carbocycles. The highest BCUT2D eigenvalue weighted by atomic mass is 35.5. The van der Waals surface area contributed by atoms with Crippen LogP contribution in [-0.4, -0.2) is 16.5 Å². The first-order valence-corrected chi connectivity index (χ1v) is 7.83. The van der Waals surface area contributed by atoms with Crippen LogP contribution in [0.25, 0.3) is 0 Å². The first kappa shape index (κ1) is 16.1. The van der Waals surface area contributed by atoms with E-state index >= 15 is 0 Å². The van der Waals surface area contributed by atoms with Crippen molar-refractivity contribution in [3.8, 4) is 0 Å². The number of nitrogens with one attached hydrogen (secondary N) is 1.